The first kappa shape index (κ1) is 24.1. The van der Waals surface area contributed by atoms with Gasteiger partial charge in [-0.05, 0) is 42.7 Å². The molecule has 2 N–H and O–H groups in total. The topological polar surface area (TPSA) is 94.1 Å². The van der Waals surface area contributed by atoms with E-state index in [0.29, 0.717) is 61.3 Å². The number of phenols is 1. The zero-order chi connectivity index (χ0) is 25.2. The van der Waals surface area contributed by atoms with E-state index in [9.17, 15) is 14.7 Å². The van der Waals surface area contributed by atoms with Crippen LogP contribution >= 0.6 is 0 Å². The van der Waals surface area contributed by atoms with Crippen LogP contribution < -0.4 is 10.1 Å². The van der Waals surface area contributed by atoms with Crippen molar-refractivity contribution in [3.8, 4) is 11.5 Å². The van der Waals surface area contributed by atoms with Gasteiger partial charge in [-0.25, -0.2) is 4.79 Å². The standard InChI is InChI=1S/C29H31NO6/c1-17-26(29(33)36-21-10-12-35-13-11-21)27(18-6-5-7-20(31)14-18)28-23(30-17)15-19(16-24(28)32)22-8-3-4-9-25(22)34-2/h3-9,14,19,21,27,30-31H,10-13,15-16H2,1-2H3/t19-,27-/m1/s1. The van der Waals surface area contributed by atoms with Crippen LogP contribution in [0.25, 0.3) is 0 Å². The average molecular weight is 490 g/mol. The molecule has 2 atom stereocenters. The van der Waals surface area contributed by atoms with Crippen LogP contribution in [0, 0.1) is 0 Å². The average Bonchev–Trinajstić information content (AvgIpc) is 2.88. The minimum atomic E-state index is -0.619. The summed E-state index contributed by atoms with van der Waals surface area (Å²) in [4.78, 5) is 27.3. The zero-order valence-corrected chi connectivity index (χ0v) is 20.6. The minimum Gasteiger partial charge on any atom is -0.508 e. The molecule has 3 aliphatic rings. The minimum absolute atomic E-state index is 0.0307. The molecule has 2 aromatic carbocycles. The molecular formula is C29H31NO6. The molecule has 0 saturated carbocycles. The van der Waals surface area contributed by atoms with Gasteiger partial charge >= 0.3 is 5.97 Å². The number of methoxy groups -OCH3 is 1. The van der Waals surface area contributed by atoms with Crippen molar-refractivity contribution in [1.82, 2.24) is 5.32 Å². The van der Waals surface area contributed by atoms with Gasteiger partial charge in [-0.1, -0.05) is 30.3 Å². The number of carbonyl (C=O) groups is 2. The van der Waals surface area contributed by atoms with Gasteiger partial charge in [0.15, 0.2) is 5.78 Å². The van der Waals surface area contributed by atoms with E-state index in [1.807, 2.05) is 37.3 Å². The smallest absolute Gasteiger partial charge is 0.337 e. The van der Waals surface area contributed by atoms with E-state index in [0.717, 1.165) is 17.0 Å². The van der Waals surface area contributed by atoms with Gasteiger partial charge in [0.05, 0.1) is 25.9 Å². The molecule has 5 rings (SSSR count). The molecule has 188 valence electrons. The number of allylic oxidation sites excluding steroid dienone is 3. The molecule has 0 amide bonds. The molecule has 2 heterocycles. The second-order valence-electron chi connectivity index (χ2n) is 9.57. The van der Waals surface area contributed by atoms with Gasteiger partial charge in [-0.3, -0.25) is 4.79 Å². The molecule has 0 aromatic heterocycles. The molecule has 2 aromatic rings. The zero-order valence-electron chi connectivity index (χ0n) is 20.6. The van der Waals surface area contributed by atoms with E-state index in [-0.39, 0.29) is 23.6 Å². The monoisotopic (exact) mass is 489 g/mol. The number of hydrogen-bond acceptors (Lipinski definition) is 7. The molecule has 1 saturated heterocycles. The van der Waals surface area contributed by atoms with E-state index in [1.54, 1.807) is 25.3 Å². The Kier molecular flexibility index (Phi) is 6.83. The van der Waals surface area contributed by atoms with Crippen LogP contribution in [0.15, 0.2) is 71.1 Å². The number of benzene rings is 2. The number of carbonyl (C=O) groups excluding carboxylic acids is 2. The highest BCUT2D eigenvalue weighted by molar-refractivity contribution is 6.04. The van der Waals surface area contributed by atoms with Crippen LogP contribution in [-0.2, 0) is 19.1 Å². The number of hydrogen-bond donors (Lipinski definition) is 2. The molecule has 2 aliphatic heterocycles. The summed E-state index contributed by atoms with van der Waals surface area (Å²) >= 11 is 0. The normalized spacial score (nSPS) is 22.7. The number of Topliss-reactive ketones (excluding diaryl/α,β-unsaturated/α-hetero) is 1. The fraction of sp³-hybridized carbons (Fsp3) is 0.379. The van der Waals surface area contributed by atoms with Crippen LogP contribution in [0.5, 0.6) is 11.5 Å². The number of nitrogens with one attached hydrogen (secondary N) is 1. The fourth-order valence-electron chi connectivity index (χ4n) is 5.58. The first-order chi connectivity index (χ1) is 17.5. The van der Waals surface area contributed by atoms with Crippen molar-refractivity contribution in [2.75, 3.05) is 20.3 Å². The fourth-order valence-corrected chi connectivity index (χ4v) is 5.58. The molecule has 0 unspecified atom stereocenters. The van der Waals surface area contributed by atoms with Gasteiger partial charge < -0.3 is 24.6 Å². The lowest BCUT2D eigenvalue weighted by molar-refractivity contribution is -0.148. The van der Waals surface area contributed by atoms with Gasteiger partial charge in [0.2, 0.25) is 0 Å². The van der Waals surface area contributed by atoms with Gasteiger partial charge in [0.1, 0.15) is 17.6 Å². The van der Waals surface area contributed by atoms with E-state index in [4.69, 9.17) is 14.2 Å². The van der Waals surface area contributed by atoms with Gasteiger partial charge in [0.25, 0.3) is 0 Å². The molecule has 0 bridgehead atoms. The number of dihydropyridines is 1. The molecule has 7 nitrogen and oxygen atoms in total. The number of aromatic hydroxyl groups is 1. The summed E-state index contributed by atoms with van der Waals surface area (Å²) in [5, 5.41) is 13.6. The Hall–Kier alpha value is -3.58. The number of esters is 1. The Labute approximate surface area is 210 Å². The molecule has 7 heteroatoms. The highest BCUT2D eigenvalue weighted by Gasteiger charge is 2.42. The third-order valence-electron chi connectivity index (χ3n) is 7.27. The third-order valence-corrected chi connectivity index (χ3v) is 7.27. The summed E-state index contributed by atoms with van der Waals surface area (Å²) in [5.74, 6) is -0.297. The molecule has 0 radical (unpaired) electrons. The maximum atomic E-state index is 13.8. The summed E-state index contributed by atoms with van der Waals surface area (Å²) in [6.07, 6.45) is 1.99. The molecule has 36 heavy (non-hydrogen) atoms. The maximum Gasteiger partial charge on any atom is 0.337 e. The summed E-state index contributed by atoms with van der Waals surface area (Å²) in [6.45, 7) is 2.96. The molecule has 1 aliphatic carbocycles. The summed E-state index contributed by atoms with van der Waals surface area (Å²) in [5.41, 5.74) is 4.11. The lowest BCUT2D eigenvalue weighted by Crippen LogP contribution is -2.37. The lowest BCUT2D eigenvalue weighted by Gasteiger charge is -2.37. The summed E-state index contributed by atoms with van der Waals surface area (Å²) in [6, 6.07) is 14.5. The van der Waals surface area contributed by atoms with Crippen LogP contribution in [0.3, 0.4) is 0 Å². The first-order valence-corrected chi connectivity index (χ1v) is 12.4. The Morgan fingerprint density at radius 1 is 1.08 bits per heavy atom. The van der Waals surface area contributed by atoms with E-state index in [1.165, 1.54) is 0 Å². The second kappa shape index (κ2) is 10.2. The largest absolute Gasteiger partial charge is 0.508 e. The SMILES string of the molecule is COc1ccccc1[C@H]1CC(=O)C2=C(C1)NC(C)=C(C(=O)OC1CCOCC1)[C@H]2c1cccc(O)c1. The van der Waals surface area contributed by atoms with E-state index in [2.05, 4.69) is 5.32 Å². The summed E-state index contributed by atoms with van der Waals surface area (Å²) in [7, 11) is 1.63. The number of phenolic OH excluding ortho intramolecular Hbond substituents is 1. The van der Waals surface area contributed by atoms with E-state index >= 15 is 0 Å². The highest BCUT2D eigenvalue weighted by atomic mass is 16.6. The lowest BCUT2D eigenvalue weighted by atomic mass is 9.71. The Balaban J connectivity index is 1.54. The Morgan fingerprint density at radius 3 is 2.61 bits per heavy atom. The molecule has 1 fully saturated rings. The molecular weight excluding hydrogens is 458 g/mol. The highest BCUT2D eigenvalue weighted by Crippen LogP contribution is 2.47. The number of ether oxygens (including phenoxy) is 3. The predicted molar refractivity (Wildman–Crippen MR) is 134 cm³/mol. The van der Waals surface area contributed by atoms with Crippen molar-refractivity contribution < 1.29 is 28.9 Å². The summed E-state index contributed by atoms with van der Waals surface area (Å²) < 4.78 is 16.8. The van der Waals surface area contributed by atoms with Crippen molar-refractivity contribution in [3.05, 3.63) is 82.2 Å². The molecule has 0 spiro atoms. The van der Waals surface area contributed by atoms with Crippen LogP contribution in [0.2, 0.25) is 0 Å². The number of para-hydroxylation sites is 1. The maximum absolute atomic E-state index is 13.8. The van der Waals surface area contributed by atoms with Crippen molar-refractivity contribution in [2.24, 2.45) is 0 Å². The van der Waals surface area contributed by atoms with Crippen molar-refractivity contribution in [2.45, 2.75) is 50.5 Å². The first-order valence-electron chi connectivity index (χ1n) is 12.4. The van der Waals surface area contributed by atoms with Crippen molar-refractivity contribution >= 4 is 11.8 Å². The Bertz CT molecular complexity index is 1240. The van der Waals surface area contributed by atoms with E-state index < -0.39 is 11.9 Å². The van der Waals surface area contributed by atoms with Gasteiger partial charge in [-0.15, -0.1) is 0 Å². The Morgan fingerprint density at radius 2 is 1.86 bits per heavy atom. The van der Waals surface area contributed by atoms with Gasteiger partial charge in [0, 0.05) is 48.1 Å². The van der Waals surface area contributed by atoms with Crippen LogP contribution in [0.1, 0.15) is 55.6 Å². The number of rotatable bonds is 5. The number of ketones is 1. The van der Waals surface area contributed by atoms with Crippen molar-refractivity contribution in [3.63, 3.8) is 0 Å². The van der Waals surface area contributed by atoms with Crippen LogP contribution in [0.4, 0.5) is 0 Å². The van der Waals surface area contributed by atoms with Crippen molar-refractivity contribution in [1.29, 1.82) is 0 Å². The van der Waals surface area contributed by atoms with Gasteiger partial charge in [-0.2, -0.15) is 0 Å². The van der Waals surface area contributed by atoms with Crippen LogP contribution in [-0.4, -0.2) is 43.3 Å². The third kappa shape index (κ3) is 4.63. The predicted octanol–water partition coefficient (Wildman–Crippen LogP) is 4.48. The second-order valence-corrected chi connectivity index (χ2v) is 9.57. The quantitative estimate of drug-likeness (QED) is 0.598.